The van der Waals surface area contributed by atoms with Crippen LogP contribution >= 0.6 is 0 Å². The van der Waals surface area contributed by atoms with Gasteiger partial charge in [-0.15, -0.1) is 0 Å². The smallest absolute Gasteiger partial charge is 0.244 e. The largest absolute Gasteiger partial charge is 0.497 e. The van der Waals surface area contributed by atoms with Gasteiger partial charge in [-0.2, -0.15) is 4.31 Å². The third kappa shape index (κ3) is 2.38. The van der Waals surface area contributed by atoms with Gasteiger partial charge in [0.25, 0.3) is 0 Å². The minimum absolute atomic E-state index is 0.154. The predicted octanol–water partition coefficient (Wildman–Crippen LogP) is 0.594. The molecule has 0 spiro atoms. The van der Waals surface area contributed by atoms with Crippen LogP contribution in [0, 0.1) is 0 Å². The second kappa shape index (κ2) is 5.06. The van der Waals surface area contributed by atoms with E-state index in [1.165, 1.54) is 23.5 Å². The Morgan fingerprint density at radius 1 is 1.25 bits per heavy atom. The highest BCUT2D eigenvalue weighted by Gasteiger charge is 2.44. The number of carbonyl (C=O) groups excluding carboxylic acids is 1. The molecule has 7 heteroatoms. The molecule has 20 heavy (non-hydrogen) atoms. The Kier molecular flexibility index (Phi) is 3.75. The zero-order valence-corrected chi connectivity index (χ0v) is 12.5. The molecule has 0 saturated carbocycles. The Morgan fingerprint density at radius 2 is 1.85 bits per heavy atom. The SMILES string of the molecule is COc1ccc(S(=O)(=O)N2CCNC(=O)C2(C)C)cc1. The quantitative estimate of drug-likeness (QED) is 0.886. The summed E-state index contributed by atoms with van der Waals surface area (Å²) in [5.74, 6) is 0.292. The average molecular weight is 298 g/mol. The molecule has 110 valence electrons. The molecule has 1 fully saturated rings. The molecule has 1 saturated heterocycles. The first-order chi connectivity index (χ1) is 9.30. The second-order valence-electron chi connectivity index (χ2n) is 5.07. The molecular weight excluding hydrogens is 280 g/mol. The fourth-order valence-corrected chi connectivity index (χ4v) is 3.93. The number of amides is 1. The number of carbonyl (C=O) groups is 1. The van der Waals surface area contributed by atoms with Crippen LogP contribution in [0.15, 0.2) is 29.2 Å². The van der Waals surface area contributed by atoms with Gasteiger partial charge in [0.15, 0.2) is 0 Å². The molecule has 6 nitrogen and oxygen atoms in total. The van der Waals surface area contributed by atoms with Crippen LogP contribution in [-0.4, -0.2) is 44.4 Å². The van der Waals surface area contributed by atoms with Gasteiger partial charge in [0.05, 0.1) is 12.0 Å². The van der Waals surface area contributed by atoms with Gasteiger partial charge >= 0.3 is 0 Å². The molecule has 2 rings (SSSR count). The number of nitrogens with zero attached hydrogens (tertiary/aromatic N) is 1. The number of hydrogen-bond acceptors (Lipinski definition) is 4. The summed E-state index contributed by atoms with van der Waals surface area (Å²) in [6.07, 6.45) is 0. The number of rotatable bonds is 3. The molecule has 0 radical (unpaired) electrons. The molecule has 1 aromatic rings. The molecular formula is C13H18N2O4S. The molecule has 0 unspecified atom stereocenters. The lowest BCUT2D eigenvalue weighted by atomic mass is 10.0. The Balaban J connectivity index is 2.40. The highest BCUT2D eigenvalue weighted by molar-refractivity contribution is 7.89. The van der Waals surface area contributed by atoms with Crippen molar-refractivity contribution in [2.45, 2.75) is 24.3 Å². The molecule has 1 N–H and O–H groups in total. The summed E-state index contributed by atoms with van der Waals surface area (Å²) in [5.41, 5.74) is -1.10. The van der Waals surface area contributed by atoms with Crippen LogP contribution < -0.4 is 10.1 Å². The summed E-state index contributed by atoms with van der Waals surface area (Å²) in [6.45, 7) is 3.77. The van der Waals surface area contributed by atoms with E-state index in [2.05, 4.69) is 5.32 Å². The molecule has 1 heterocycles. The standard InChI is InChI=1S/C13H18N2O4S/c1-13(2)12(16)14-8-9-15(13)20(17,18)11-6-4-10(19-3)5-7-11/h4-7H,8-9H2,1-3H3,(H,14,16). The van der Waals surface area contributed by atoms with E-state index >= 15 is 0 Å². The fraction of sp³-hybridized carbons (Fsp3) is 0.462. The van der Waals surface area contributed by atoms with Crippen molar-refractivity contribution in [3.05, 3.63) is 24.3 Å². The van der Waals surface area contributed by atoms with E-state index in [-0.39, 0.29) is 17.3 Å². The highest BCUT2D eigenvalue weighted by Crippen LogP contribution is 2.27. The zero-order chi connectivity index (χ0) is 15.0. The summed E-state index contributed by atoms with van der Waals surface area (Å²) in [6, 6.07) is 6.14. The van der Waals surface area contributed by atoms with Crippen LogP contribution in [0.1, 0.15) is 13.8 Å². The van der Waals surface area contributed by atoms with Gasteiger partial charge in [0, 0.05) is 13.1 Å². The van der Waals surface area contributed by atoms with Crippen LogP contribution in [0.4, 0.5) is 0 Å². The third-order valence-electron chi connectivity index (χ3n) is 3.43. The second-order valence-corrected chi connectivity index (χ2v) is 6.93. The maximum atomic E-state index is 12.7. The van der Waals surface area contributed by atoms with E-state index in [1.807, 2.05) is 0 Å². The minimum atomic E-state index is -3.71. The number of nitrogens with one attached hydrogen (secondary N) is 1. The predicted molar refractivity (Wildman–Crippen MR) is 74.0 cm³/mol. The van der Waals surface area contributed by atoms with Gasteiger partial charge in [-0.05, 0) is 38.1 Å². The van der Waals surface area contributed by atoms with Gasteiger partial charge in [0.2, 0.25) is 15.9 Å². The lowest BCUT2D eigenvalue weighted by molar-refractivity contribution is -0.131. The number of sulfonamides is 1. The normalized spacial score (nSPS) is 19.4. The first-order valence-electron chi connectivity index (χ1n) is 6.25. The first kappa shape index (κ1) is 14.8. The summed E-state index contributed by atoms with van der Waals surface area (Å²) in [5, 5.41) is 2.68. The van der Waals surface area contributed by atoms with Crippen molar-refractivity contribution in [2.24, 2.45) is 0 Å². The Morgan fingerprint density at radius 3 is 2.40 bits per heavy atom. The number of ether oxygens (including phenoxy) is 1. The Labute approximate surface area is 118 Å². The maximum Gasteiger partial charge on any atom is 0.244 e. The third-order valence-corrected chi connectivity index (χ3v) is 5.51. The van der Waals surface area contributed by atoms with Crippen molar-refractivity contribution >= 4 is 15.9 Å². The van der Waals surface area contributed by atoms with Gasteiger partial charge in [-0.1, -0.05) is 0 Å². The van der Waals surface area contributed by atoms with Crippen molar-refractivity contribution in [3.63, 3.8) is 0 Å². The van der Waals surface area contributed by atoms with E-state index in [0.717, 1.165) is 0 Å². The van der Waals surface area contributed by atoms with Crippen molar-refractivity contribution in [2.75, 3.05) is 20.2 Å². The van der Waals surface area contributed by atoms with Crippen molar-refractivity contribution in [1.82, 2.24) is 9.62 Å². The molecule has 1 aromatic carbocycles. The van der Waals surface area contributed by atoms with Gasteiger partial charge in [-0.25, -0.2) is 8.42 Å². The van der Waals surface area contributed by atoms with Crippen LogP contribution in [0.2, 0.25) is 0 Å². The average Bonchev–Trinajstić information content (AvgIpc) is 2.41. The van der Waals surface area contributed by atoms with Crippen molar-refractivity contribution in [3.8, 4) is 5.75 Å². The maximum absolute atomic E-state index is 12.7. The molecule has 1 amide bonds. The fourth-order valence-electron chi connectivity index (χ4n) is 2.18. The van der Waals surface area contributed by atoms with Gasteiger partial charge in [0.1, 0.15) is 11.3 Å². The van der Waals surface area contributed by atoms with Crippen molar-refractivity contribution < 1.29 is 17.9 Å². The molecule has 0 aromatic heterocycles. The monoisotopic (exact) mass is 298 g/mol. The summed E-state index contributed by atoms with van der Waals surface area (Å²) >= 11 is 0. The summed E-state index contributed by atoms with van der Waals surface area (Å²) < 4.78 is 31.6. The minimum Gasteiger partial charge on any atom is -0.497 e. The number of methoxy groups -OCH3 is 1. The highest BCUT2D eigenvalue weighted by atomic mass is 32.2. The van der Waals surface area contributed by atoms with E-state index < -0.39 is 15.6 Å². The number of hydrogen-bond donors (Lipinski definition) is 1. The lowest BCUT2D eigenvalue weighted by Crippen LogP contribution is -2.63. The van der Waals surface area contributed by atoms with E-state index in [0.29, 0.717) is 12.3 Å². The zero-order valence-electron chi connectivity index (χ0n) is 11.7. The number of piperazine rings is 1. The topological polar surface area (TPSA) is 75.7 Å². The molecule has 0 bridgehead atoms. The Bertz CT molecular complexity index is 608. The molecule has 0 aliphatic carbocycles. The van der Waals surface area contributed by atoms with Crippen LogP contribution in [-0.2, 0) is 14.8 Å². The van der Waals surface area contributed by atoms with Crippen LogP contribution in [0.5, 0.6) is 5.75 Å². The summed E-state index contributed by atoms with van der Waals surface area (Å²) in [7, 11) is -2.20. The summed E-state index contributed by atoms with van der Waals surface area (Å²) in [4.78, 5) is 12.0. The number of benzene rings is 1. The first-order valence-corrected chi connectivity index (χ1v) is 7.69. The molecule has 0 atom stereocenters. The van der Waals surface area contributed by atoms with E-state index in [4.69, 9.17) is 4.74 Å². The Hall–Kier alpha value is -1.60. The van der Waals surface area contributed by atoms with Crippen LogP contribution in [0.25, 0.3) is 0 Å². The van der Waals surface area contributed by atoms with Crippen molar-refractivity contribution in [1.29, 1.82) is 0 Å². The lowest BCUT2D eigenvalue weighted by Gasteiger charge is -2.39. The van der Waals surface area contributed by atoms with Gasteiger partial charge in [-0.3, -0.25) is 4.79 Å². The molecule has 1 aliphatic heterocycles. The van der Waals surface area contributed by atoms with E-state index in [9.17, 15) is 13.2 Å². The van der Waals surface area contributed by atoms with E-state index in [1.54, 1.807) is 26.0 Å². The van der Waals surface area contributed by atoms with Gasteiger partial charge < -0.3 is 10.1 Å². The molecule has 1 aliphatic rings. The van der Waals surface area contributed by atoms with Crippen LogP contribution in [0.3, 0.4) is 0 Å².